The number of amides is 1. The van der Waals surface area contributed by atoms with Gasteiger partial charge in [0.2, 0.25) is 5.91 Å². The van der Waals surface area contributed by atoms with Crippen LogP contribution < -0.4 is 11.1 Å². The Morgan fingerprint density at radius 1 is 1.32 bits per heavy atom. The normalized spacial score (nSPS) is 24.9. The number of anilines is 2. The molecule has 0 spiro atoms. The molecule has 1 fully saturated rings. The highest BCUT2D eigenvalue weighted by Gasteiger charge is 2.33. The summed E-state index contributed by atoms with van der Waals surface area (Å²) in [5.74, 6) is 0.0497. The molecule has 5 heteroatoms. The zero-order valence-electron chi connectivity index (χ0n) is 10.8. The quantitative estimate of drug-likeness (QED) is 0.646. The lowest BCUT2D eigenvalue weighted by atomic mass is 9.95. The molecule has 0 aliphatic carbocycles. The van der Waals surface area contributed by atoms with Gasteiger partial charge in [0.1, 0.15) is 0 Å². The van der Waals surface area contributed by atoms with Crippen molar-refractivity contribution < 1.29 is 9.90 Å². The first-order valence-electron chi connectivity index (χ1n) is 6.75. The zero-order chi connectivity index (χ0) is 13.4. The van der Waals surface area contributed by atoms with E-state index in [-0.39, 0.29) is 18.1 Å². The molecule has 5 nitrogen and oxygen atoms in total. The lowest BCUT2D eigenvalue weighted by molar-refractivity contribution is -0.122. The van der Waals surface area contributed by atoms with Gasteiger partial charge in [0, 0.05) is 24.5 Å². The molecule has 0 radical (unpaired) electrons. The number of likely N-dealkylation sites (tertiary alicyclic amines) is 1. The second-order valence-corrected chi connectivity index (χ2v) is 5.39. The van der Waals surface area contributed by atoms with Crippen molar-refractivity contribution in [3.63, 3.8) is 0 Å². The number of fused-ring (bicyclic) bond motifs is 1. The molecule has 0 saturated carbocycles. The molecule has 2 aliphatic heterocycles. The van der Waals surface area contributed by atoms with Crippen LogP contribution in [0.4, 0.5) is 11.4 Å². The molecule has 0 aromatic heterocycles. The number of nitrogen functional groups attached to an aromatic ring is 1. The Morgan fingerprint density at radius 2 is 2.05 bits per heavy atom. The highest BCUT2D eigenvalue weighted by molar-refractivity contribution is 5.98. The van der Waals surface area contributed by atoms with Crippen molar-refractivity contribution in [1.29, 1.82) is 0 Å². The monoisotopic (exact) mass is 261 g/mol. The summed E-state index contributed by atoms with van der Waals surface area (Å²) >= 11 is 0. The maximum atomic E-state index is 12.2. The van der Waals surface area contributed by atoms with Crippen LogP contribution in [0.2, 0.25) is 0 Å². The van der Waals surface area contributed by atoms with Gasteiger partial charge in [0.25, 0.3) is 0 Å². The van der Waals surface area contributed by atoms with E-state index in [1.54, 1.807) is 6.07 Å². The number of piperidine rings is 1. The summed E-state index contributed by atoms with van der Waals surface area (Å²) in [7, 11) is 0. The van der Waals surface area contributed by atoms with Crippen molar-refractivity contribution in [2.45, 2.75) is 31.4 Å². The van der Waals surface area contributed by atoms with Crippen molar-refractivity contribution >= 4 is 17.3 Å². The number of hydrogen-bond acceptors (Lipinski definition) is 4. The molecular weight excluding hydrogens is 242 g/mol. The fourth-order valence-corrected chi connectivity index (χ4v) is 2.91. The molecule has 102 valence electrons. The third kappa shape index (κ3) is 2.43. The van der Waals surface area contributed by atoms with Crippen molar-refractivity contribution in [1.82, 2.24) is 4.90 Å². The van der Waals surface area contributed by atoms with Crippen LogP contribution in [0.5, 0.6) is 0 Å². The molecule has 1 atom stereocenters. The molecule has 1 aromatic rings. The molecule has 0 bridgehead atoms. The summed E-state index contributed by atoms with van der Waals surface area (Å²) < 4.78 is 0. The third-order valence-electron chi connectivity index (χ3n) is 4.04. The maximum absolute atomic E-state index is 12.2. The van der Waals surface area contributed by atoms with Gasteiger partial charge in [-0.15, -0.1) is 0 Å². The molecular formula is C14H19N3O2. The van der Waals surface area contributed by atoms with E-state index in [1.165, 1.54) is 0 Å². The van der Waals surface area contributed by atoms with Crippen molar-refractivity contribution in [2.24, 2.45) is 0 Å². The summed E-state index contributed by atoms with van der Waals surface area (Å²) in [6.07, 6.45) is 1.97. The van der Waals surface area contributed by atoms with Crippen LogP contribution in [0.3, 0.4) is 0 Å². The summed E-state index contributed by atoms with van der Waals surface area (Å²) in [6.45, 7) is 1.55. The van der Waals surface area contributed by atoms with E-state index >= 15 is 0 Å². The first-order valence-corrected chi connectivity index (χ1v) is 6.75. The highest BCUT2D eigenvalue weighted by Crippen LogP contribution is 2.28. The second-order valence-electron chi connectivity index (χ2n) is 5.39. The average Bonchev–Trinajstić information content (AvgIpc) is 2.40. The Labute approximate surface area is 112 Å². The van der Waals surface area contributed by atoms with Crippen LogP contribution in [-0.4, -0.2) is 41.1 Å². The number of hydrogen-bond donors (Lipinski definition) is 3. The van der Waals surface area contributed by atoms with Gasteiger partial charge < -0.3 is 16.2 Å². The molecule has 1 amide bonds. The van der Waals surface area contributed by atoms with E-state index < -0.39 is 0 Å². The molecule has 4 N–H and O–H groups in total. The van der Waals surface area contributed by atoms with Crippen LogP contribution in [0.15, 0.2) is 18.2 Å². The summed E-state index contributed by atoms with van der Waals surface area (Å²) in [5, 5.41) is 12.5. The molecule has 1 aromatic carbocycles. The van der Waals surface area contributed by atoms with Crippen LogP contribution in [0.25, 0.3) is 0 Å². The van der Waals surface area contributed by atoms with E-state index in [1.807, 2.05) is 12.1 Å². The minimum atomic E-state index is -0.217. The van der Waals surface area contributed by atoms with Crippen molar-refractivity contribution in [2.75, 3.05) is 24.1 Å². The number of nitrogens with one attached hydrogen (secondary N) is 1. The highest BCUT2D eigenvalue weighted by atomic mass is 16.3. The smallest absolute Gasteiger partial charge is 0.242 e. The standard InChI is InChI=1S/C14H19N3O2/c15-10-1-2-12-9(7-10)8-13(14(19)16-12)17-5-3-11(18)4-6-17/h1-2,7,11,13,18H,3-6,8,15H2,(H,16,19). The van der Waals surface area contributed by atoms with E-state index in [4.69, 9.17) is 5.73 Å². The topological polar surface area (TPSA) is 78.6 Å². The summed E-state index contributed by atoms with van der Waals surface area (Å²) in [5.41, 5.74) is 8.49. The van der Waals surface area contributed by atoms with E-state index in [9.17, 15) is 9.90 Å². The number of rotatable bonds is 1. The maximum Gasteiger partial charge on any atom is 0.242 e. The molecule has 2 heterocycles. The lowest BCUT2D eigenvalue weighted by Gasteiger charge is -2.37. The van der Waals surface area contributed by atoms with Gasteiger partial charge in [-0.25, -0.2) is 0 Å². The Morgan fingerprint density at radius 3 is 2.79 bits per heavy atom. The van der Waals surface area contributed by atoms with Crippen LogP contribution in [0, 0.1) is 0 Å². The lowest BCUT2D eigenvalue weighted by Crippen LogP contribution is -2.51. The second kappa shape index (κ2) is 4.83. The molecule has 1 unspecified atom stereocenters. The Balaban J connectivity index is 1.79. The van der Waals surface area contributed by atoms with E-state index in [0.717, 1.165) is 42.9 Å². The molecule has 1 saturated heterocycles. The van der Waals surface area contributed by atoms with Crippen LogP contribution in [-0.2, 0) is 11.2 Å². The van der Waals surface area contributed by atoms with Crippen molar-refractivity contribution in [3.8, 4) is 0 Å². The Hall–Kier alpha value is -1.59. The largest absolute Gasteiger partial charge is 0.399 e. The number of aliphatic hydroxyl groups is 1. The predicted octanol–water partition coefficient (Wildman–Crippen LogP) is 0.589. The fourth-order valence-electron chi connectivity index (χ4n) is 2.91. The minimum Gasteiger partial charge on any atom is -0.399 e. The van der Waals surface area contributed by atoms with Gasteiger partial charge in [-0.1, -0.05) is 0 Å². The number of carbonyl (C=O) groups is 1. The van der Waals surface area contributed by atoms with Gasteiger partial charge >= 0.3 is 0 Å². The van der Waals surface area contributed by atoms with Crippen LogP contribution in [0.1, 0.15) is 18.4 Å². The predicted molar refractivity (Wildman–Crippen MR) is 73.8 cm³/mol. The van der Waals surface area contributed by atoms with Crippen LogP contribution >= 0.6 is 0 Å². The number of nitrogens with two attached hydrogens (primary N) is 1. The first kappa shape index (κ1) is 12.4. The summed E-state index contributed by atoms with van der Waals surface area (Å²) in [4.78, 5) is 14.3. The Kier molecular flexibility index (Phi) is 3.16. The number of nitrogens with zero attached hydrogens (tertiary/aromatic N) is 1. The van der Waals surface area contributed by atoms with Gasteiger partial charge in [0.15, 0.2) is 0 Å². The minimum absolute atomic E-state index is 0.0497. The van der Waals surface area contributed by atoms with E-state index in [2.05, 4.69) is 10.2 Å². The van der Waals surface area contributed by atoms with Gasteiger partial charge in [-0.2, -0.15) is 0 Å². The van der Waals surface area contributed by atoms with Gasteiger partial charge in [-0.3, -0.25) is 9.69 Å². The van der Waals surface area contributed by atoms with Gasteiger partial charge in [0.05, 0.1) is 12.1 Å². The number of carbonyl (C=O) groups excluding carboxylic acids is 1. The molecule has 3 rings (SSSR count). The van der Waals surface area contributed by atoms with Crippen molar-refractivity contribution in [3.05, 3.63) is 23.8 Å². The fraction of sp³-hybridized carbons (Fsp3) is 0.500. The SMILES string of the molecule is Nc1ccc2c(c1)CC(N1CCC(O)CC1)C(=O)N2. The number of aliphatic hydroxyl groups excluding tert-OH is 1. The van der Waals surface area contributed by atoms with E-state index in [0.29, 0.717) is 6.42 Å². The molecule has 19 heavy (non-hydrogen) atoms. The summed E-state index contributed by atoms with van der Waals surface area (Å²) in [6, 6.07) is 5.46. The third-order valence-corrected chi connectivity index (χ3v) is 4.04. The number of benzene rings is 1. The zero-order valence-corrected chi connectivity index (χ0v) is 10.8. The first-order chi connectivity index (χ1) is 9.13. The molecule has 2 aliphatic rings. The van der Waals surface area contributed by atoms with Gasteiger partial charge in [-0.05, 0) is 43.0 Å². The Bertz CT molecular complexity index is 495. The average molecular weight is 261 g/mol.